The van der Waals surface area contributed by atoms with Crippen molar-refractivity contribution in [1.82, 2.24) is 15.1 Å². The van der Waals surface area contributed by atoms with E-state index in [2.05, 4.69) is 10.4 Å². The lowest BCUT2D eigenvalue weighted by molar-refractivity contribution is 0.0525. The number of nitrogens with one attached hydrogen (secondary N) is 1. The molecule has 0 unspecified atom stereocenters. The summed E-state index contributed by atoms with van der Waals surface area (Å²) in [4.78, 5) is 11.9. The van der Waals surface area contributed by atoms with Crippen LogP contribution < -0.4 is 5.32 Å². The van der Waals surface area contributed by atoms with Crippen molar-refractivity contribution < 1.29 is 18.7 Å². The summed E-state index contributed by atoms with van der Waals surface area (Å²) in [5.74, 6) is -2.71. The molecule has 2 rings (SSSR count). The Morgan fingerprint density at radius 3 is 2.71 bits per heavy atom. The van der Waals surface area contributed by atoms with E-state index in [1.165, 1.54) is 23.9 Å². The lowest BCUT2D eigenvalue weighted by Crippen LogP contribution is -2.38. The number of carbonyl (C=O) groups is 1. The van der Waals surface area contributed by atoms with Crippen molar-refractivity contribution in [2.45, 2.75) is 12.5 Å². The lowest BCUT2D eigenvalue weighted by Gasteiger charge is -2.22. The Morgan fingerprint density at radius 1 is 1.43 bits per heavy atom. The standard InChI is InChI=1S/C14H15F2N3O2/c1-14(21,10-6-18-19(2)7-10)8-17-13(20)9-3-4-11(15)12(16)5-9/h3-7,21H,8H2,1-2H3,(H,17,20)/t14-/m0/s1. The molecule has 1 aromatic carbocycles. The number of benzene rings is 1. The van der Waals surface area contributed by atoms with Gasteiger partial charge < -0.3 is 10.4 Å². The van der Waals surface area contributed by atoms with E-state index in [1.807, 2.05) is 0 Å². The predicted molar refractivity (Wildman–Crippen MR) is 71.5 cm³/mol. The number of aryl methyl sites for hydroxylation is 1. The van der Waals surface area contributed by atoms with Gasteiger partial charge in [0, 0.05) is 24.4 Å². The highest BCUT2D eigenvalue weighted by molar-refractivity contribution is 5.94. The number of hydrogen-bond donors (Lipinski definition) is 2. The number of rotatable bonds is 4. The molecule has 0 aliphatic heterocycles. The Labute approximate surface area is 120 Å². The van der Waals surface area contributed by atoms with Crippen molar-refractivity contribution in [1.29, 1.82) is 0 Å². The largest absolute Gasteiger partial charge is 0.383 e. The van der Waals surface area contributed by atoms with E-state index >= 15 is 0 Å². The molecular formula is C14H15F2N3O2. The molecule has 1 aromatic heterocycles. The van der Waals surface area contributed by atoms with Crippen LogP contribution in [0.15, 0.2) is 30.6 Å². The molecule has 0 aliphatic carbocycles. The monoisotopic (exact) mass is 295 g/mol. The molecule has 2 aromatic rings. The summed E-state index contributed by atoms with van der Waals surface area (Å²) < 4.78 is 27.4. The molecule has 1 atom stereocenters. The summed E-state index contributed by atoms with van der Waals surface area (Å²) in [6.07, 6.45) is 3.12. The molecule has 0 saturated heterocycles. The normalized spacial score (nSPS) is 13.8. The van der Waals surface area contributed by atoms with Crippen molar-refractivity contribution in [2.24, 2.45) is 7.05 Å². The summed E-state index contributed by atoms with van der Waals surface area (Å²) in [5.41, 5.74) is -0.797. The van der Waals surface area contributed by atoms with Gasteiger partial charge in [0.1, 0.15) is 5.60 Å². The average Bonchev–Trinajstić information content (AvgIpc) is 2.87. The second-order valence-electron chi connectivity index (χ2n) is 4.99. The van der Waals surface area contributed by atoms with Crippen LogP contribution in [0.1, 0.15) is 22.8 Å². The number of aromatic nitrogens is 2. The van der Waals surface area contributed by atoms with Crippen LogP contribution in [-0.4, -0.2) is 27.3 Å². The molecule has 1 amide bonds. The summed E-state index contributed by atoms with van der Waals surface area (Å²) in [6.45, 7) is 1.44. The van der Waals surface area contributed by atoms with Crippen LogP contribution in [0.4, 0.5) is 8.78 Å². The molecule has 5 nitrogen and oxygen atoms in total. The molecule has 0 saturated carbocycles. The zero-order valence-corrected chi connectivity index (χ0v) is 11.6. The smallest absolute Gasteiger partial charge is 0.251 e. The first-order chi connectivity index (χ1) is 9.79. The third kappa shape index (κ3) is 3.43. The third-order valence-corrected chi connectivity index (χ3v) is 3.10. The molecular weight excluding hydrogens is 280 g/mol. The summed E-state index contributed by atoms with van der Waals surface area (Å²) >= 11 is 0. The zero-order valence-electron chi connectivity index (χ0n) is 11.6. The first-order valence-corrected chi connectivity index (χ1v) is 6.24. The number of aliphatic hydroxyl groups is 1. The van der Waals surface area contributed by atoms with Crippen molar-refractivity contribution in [2.75, 3.05) is 6.54 Å². The van der Waals surface area contributed by atoms with Crippen molar-refractivity contribution in [3.63, 3.8) is 0 Å². The van der Waals surface area contributed by atoms with Gasteiger partial charge in [-0.25, -0.2) is 8.78 Å². The highest BCUT2D eigenvalue weighted by Crippen LogP contribution is 2.18. The van der Waals surface area contributed by atoms with Gasteiger partial charge in [0.25, 0.3) is 5.91 Å². The second kappa shape index (κ2) is 5.61. The molecule has 1 heterocycles. The topological polar surface area (TPSA) is 67.2 Å². The van der Waals surface area contributed by atoms with Gasteiger partial charge in [0.2, 0.25) is 0 Å². The fourth-order valence-corrected chi connectivity index (χ4v) is 1.79. The van der Waals surface area contributed by atoms with E-state index in [-0.39, 0.29) is 12.1 Å². The van der Waals surface area contributed by atoms with Crippen LogP contribution in [0.3, 0.4) is 0 Å². The van der Waals surface area contributed by atoms with E-state index < -0.39 is 23.1 Å². The van der Waals surface area contributed by atoms with E-state index in [1.54, 1.807) is 13.2 Å². The van der Waals surface area contributed by atoms with Gasteiger partial charge >= 0.3 is 0 Å². The fourth-order valence-electron chi connectivity index (χ4n) is 1.79. The lowest BCUT2D eigenvalue weighted by atomic mass is 9.99. The Kier molecular flexibility index (Phi) is 4.04. The first-order valence-electron chi connectivity index (χ1n) is 6.24. The zero-order chi connectivity index (χ0) is 15.6. The highest BCUT2D eigenvalue weighted by atomic mass is 19.2. The molecule has 7 heteroatoms. The van der Waals surface area contributed by atoms with E-state index in [0.29, 0.717) is 5.56 Å². The van der Waals surface area contributed by atoms with Gasteiger partial charge in [-0.3, -0.25) is 9.48 Å². The van der Waals surface area contributed by atoms with Crippen molar-refractivity contribution in [3.05, 3.63) is 53.4 Å². The fraction of sp³-hybridized carbons (Fsp3) is 0.286. The van der Waals surface area contributed by atoms with Crippen LogP contribution in [-0.2, 0) is 12.6 Å². The Bertz CT molecular complexity index is 668. The van der Waals surface area contributed by atoms with Crippen LogP contribution in [0.25, 0.3) is 0 Å². The van der Waals surface area contributed by atoms with Gasteiger partial charge in [-0.2, -0.15) is 5.10 Å². The maximum absolute atomic E-state index is 13.1. The third-order valence-electron chi connectivity index (χ3n) is 3.10. The van der Waals surface area contributed by atoms with E-state index in [4.69, 9.17) is 0 Å². The second-order valence-corrected chi connectivity index (χ2v) is 4.99. The van der Waals surface area contributed by atoms with Gasteiger partial charge in [-0.1, -0.05) is 0 Å². The number of amides is 1. The summed E-state index contributed by atoms with van der Waals surface area (Å²) in [6, 6.07) is 2.86. The Balaban J connectivity index is 2.04. The molecule has 0 spiro atoms. The van der Waals surface area contributed by atoms with Crippen molar-refractivity contribution in [3.8, 4) is 0 Å². The van der Waals surface area contributed by atoms with Gasteiger partial charge in [-0.15, -0.1) is 0 Å². The minimum Gasteiger partial charge on any atom is -0.383 e. The van der Waals surface area contributed by atoms with Crippen LogP contribution >= 0.6 is 0 Å². The van der Waals surface area contributed by atoms with Gasteiger partial charge in [0.05, 0.1) is 12.7 Å². The van der Waals surface area contributed by atoms with Crippen LogP contribution in [0, 0.1) is 11.6 Å². The van der Waals surface area contributed by atoms with Crippen molar-refractivity contribution >= 4 is 5.91 Å². The van der Waals surface area contributed by atoms with Gasteiger partial charge in [-0.05, 0) is 25.1 Å². The number of halogens is 2. The molecule has 0 aliphatic rings. The summed E-state index contributed by atoms with van der Waals surface area (Å²) in [7, 11) is 1.71. The number of hydrogen-bond acceptors (Lipinski definition) is 3. The maximum atomic E-state index is 13.1. The highest BCUT2D eigenvalue weighted by Gasteiger charge is 2.25. The molecule has 112 valence electrons. The summed E-state index contributed by atoms with van der Waals surface area (Å²) in [5, 5.41) is 16.7. The number of nitrogens with zero attached hydrogens (tertiary/aromatic N) is 2. The van der Waals surface area contributed by atoms with Crippen LogP contribution in [0.2, 0.25) is 0 Å². The minimum atomic E-state index is -1.32. The quantitative estimate of drug-likeness (QED) is 0.894. The molecule has 0 fully saturated rings. The SMILES string of the molecule is Cn1cc([C@@](C)(O)CNC(=O)c2ccc(F)c(F)c2)cn1. The Hall–Kier alpha value is -2.28. The molecule has 2 N–H and O–H groups in total. The maximum Gasteiger partial charge on any atom is 0.251 e. The Morgan fingerprint density at radius 2 is 2.14 bits per heavy atom. The number of carbonyl (C=O) groups excluding carboxylic acids is 1. The average molecular weight is 295 g/mol. The van der Waals surface area contributed by atoms with Gasteiger partial charge in [0.15, 0.2) is 11.6 Å². The van der Waals surface area contributed by atoms with Crippen LogP contribution in [0.5, 0.6) is 0 Å². The minimum absolute atomic E-state index is 0.0177. The first kappa shape index (κ1) is 15.1. The molecule has 0 bridgehead atoms. The molecule has 0 radical (unpaired) electrons. The van der Waals surface area contributed by atoms with E-state index in [9.17, 15) is 18.7 Å². The predicted octanol–water partition coefficient (Wildman–Crippen LogP) is 1.34. The molecule has 21 heavy (non-hydrogen) atoms. The van der Waals surface area contributed by atoms with E-state index in [0.717, 1.165) is 12.1 Å².